The first-order valence-corrected chi connectivity index (χ1v) is 4.51. The standard InChI is InChI=1S/C10H8FNO2S/c1-14-10(13)4-6-2-8(11)7(5-12)9(15)3-6/h2-3,15H,4H2,1H3. The van der Waals surface area contributed by atoms with Gasteiger partial charge in [-0.15, -0.1) is 12.6 Å². The lowest BCUT2D eigenvalue weighted by atomic mass is 10.1. The molecule has 3 nitrogen and oxygen atoms in total. The Kier molecular flexibility index (Phi) is 3.69. The first-order chi connectivity index (χ1) is 7.08. The van der Waals surface area contributed by atoms with E-state index in [0.29, 0.717) is 5.56 Å². The van der Waals surface area contributed by atoms with Crippen LogP contribution in [0.4, 0.5) is 4.39 Å². The lowest BCUT2D eigenvalue weighted by molar-refractivity contribution is -0.139. The van der Waals surface area contributed by atoms with Crippen molar-refractivity contribution in [2.45, 2.75) is 11.3 Å². The molecule has 78 valence electrons. The number of carbonyl (C=O) groups excluding carboxylic acids is 1. The second kappa shape index (κ2) is 4.80. The summed E-state index contributed by atoms with van der Waals surface area (Å²) >= 11 is 3.95. The van der Waals surface area contributed by atoms with Gasteiger partial charge in [0.25, 0.3) is 0 Å². The second-order valence-corrected chi connectivity index (χ2v) is 3.32. The predicted octanol–water partition coefficient (Wildman–Crippen LogP) is 1.70. The minimum atomic E-state index is -0.677. The zero-order valence-electron chi connectivity index (χ0n) is 7.95. The van der Waals surface area contributed by atoms with Crippen molar-refractivity contribution in [3.8, 4) is 6.07 Å². The Balaban J connectivity index is 3.05. The number of ether oxygens (including phenoxy) is 1. The zero-order valence-corrected chi connectivity index (χ0v) is 8.85. The molecule has 0 spiro atoms. The largest absolute Gasteiger partial charge is 0.469 e. The summed E-state index contributed by atoms with van der Waals surface area (Å²) in [6.45, 7) is 0. The van der Waals surface area contributed by atoms with Gasteiger partial charge >= 0.3 is 5.97 Å². The Bertz CT molecular complexity index is 417. The van der Waals surface area contributed by atoms with Gasteiger partial charge in [0.2, 0.25) is 0 Å². The van der Waals surface area contributed by atoms with Crippen LogP contribution in [0.15, 0.2) is 17.0 Å². The third-order valence-electron chi connectivity index (χ3n) is 1.82. The van der Waals surface area contributed by atoms with Crippen LogP contribution >= 0.6 is 12.6 Å². The summed E-state index contributed by atoms with van der Waals surface area (Å²) in [4.78, 5) is 11.1. The number of methoxy groups -OCH3 is 1. The number of benzene rings is 1. The summed E-state index contributed by atoms with van der Waals surface area (Å²) in [5, 5.41) is 8.59. The average Bonchev–Trinajstić information content (AvgIpc) is 2.17. The molecular weight excluding hydrogens is 217 g/mol. The molecule has 0 aliphatic rings. The quantitative estimate of drug-likeness (QED) is 0.615. The first kappa shape index (κ1) is 11.5. The molecule has 0 N–H and O–H groups in total. The highest BCUT2D eigenvalue weighted by molar-refractivity contribution is 7.80. The van der Waals surface area contributed by atoms with E-state index >= 15 is 0 Å². The lowest BCUT2D eigenvalue weighted by Crippen LogP contribution is -2.05. The molecule has 0 aliphatic heterocycles. The van der Waals surface area contributed by atoms with E-state index in [1.807, 2.05) is 0 Å². The maximum Gasteiger partial charge on any atom is 0.309 e. The monoisotopic (exact) mass is 225 g/mol. The van der Waals surface area contributed by atoms with Gasteiger partial charge in [-0.2, -0.15) is 5.26 Å². The van der Waals surface area contributed by atoms with Crippen LogP contribution in [0.5, 0.6) is 0 Å². The molecule has 0 heterocycles. The Morgan fingerprint density at radius 2 is 2.33 bits per heavy atom. The average molecular weight is 225 g/mol. The van der Waals surface area contributed by atoms with Crippen LogP contribution in [0.2, 0.25) is 0 Å². The molecule has 0 saturated heterocycles. The highest BCUT2D eigenvalue weighted by Gasteiger charge is 2.10. The van der Waals surface area contributed by atoms with Crippen molar-refractivity contribution in [2.75, 3.05) is 7.11 Å². The summed E-state index contributed by atoms with van der Waals surface area (Å²) in [6.07, 6.45) is -0.0350. The molecule has 5 heteroatoms. The number of nitrogens with zero attached hydrogens (tertiary/aromatic N) is 1. The molecule has 0 bridgehead atoms. The summed E-state index contributed by atoms with van der Waals surface area (Å²) in [5.74, 6) is -1.14. The fourth-order valence-corrected chi connectivity index (χ4v) is 1.42. The maximum absolute atomic E-state index is 13.2. The van der Waals surface area contributed by atoms with Crippen LogP contribution in [0.1, 0.15) is 11.1 Å². The smallest absolute Gasteiger partial charge is 0.309 e. The lowest BCUT2D eigenvalue weighted by Gasteiger charge is -2.03. The van der Waals surface area contributed by atoms with Crippen molar-refractivity contribution in [3.63, 3.8) is 0 Å². The number of rotatable bonds is 2. The fraction of sp³-hybridized carbons (Fsp3) is 0.200. The Morgan fingerprint density at radius 1 is 1.67 bits per heavy atom. The van der Waals surface area contributed by atoms with E-state index in [1.165, 1.54) is 13.2 Å². The van der Waals surface area contributed by atoms with E-state index in [2.05, 4.69) is 17.4 Å². The maximum atomic E-state index is 13.2. The molecular formula is C10H8FNO2S. The Labute approximate surface area is 91.9 Å². The molecule has 0 amide bonds. The SMILES string of the molecule is COC(=O)Cc1cc(F)c(C#N)c(S)c1. The van der Waals surface area contributed by atoms with Gasteiger partial charge in [-0.3, -0.25) is 4.79 Å². The van der Waals surface area contributed by atoms with Gasteiger partial charge in [-0.25, -0.2) is 4.39 Å². The number of thiol groups is 1. The molecule has 0 fully saturated rings. The molecule has 0 radical (unpaired) electrons. The summed E-state index contributed by atoms with van der Waals surface area (Å²) < 4.78 is 17.7. The summed E-state index contributed by atoms with van der Waals surface area (Å²) in [7, 11) is 1.25. The van der Waals surface area contributed by atoms with Gasteiger partial charge in [0.05, 0.1) is 13.5 Å². The molecule has 1 rings (SSSR count). The topological polar surface area (TPSA) is 50.1 Å². The molecule has 15 heavy (non-hydrogen) atoms. The first-order valence-electron chi connectivity index (χ1n) is 4.06. The van der Waals surface area contributed by atoms with Crippen molar-refractivity contribution in [1.29, 1.82) is 5.26 Å². The van der Waals surface area contributed by atoms with Crippen LogP contribution in [-0.4, -0.2) is 13.1 Å². The van der Waals surface area contributed by atoms with E-state index in [-0.39, 0.29) is 16.9 Å². The van der Waals surface area contributed by atoms with E-state index in [4.69, 9.17) is 5.26 Å². The number of hydrogen-bond acceptors (Lipinski definition) is 4. The van der Waals surface area contributed by atoms with E-state index in [1.54, 1.807) is 6.07 Å². The van der Waals surface area contributed by atoms with Crippen LogP contribution in [0.25, 0.3) is 0 Å². The number of hydrogen-bond donors (Lipinski definition) is 1. The molecule has 0 aromatic heterocycles. The van der Waals surface area contributed by atoms with E-state index in [0.717, 1.165) is 6.07 Å². The summed E-state index contributed by atoms with van der Waals surface area (Å²) in [5.41, 5.74) is 0.315. The van der Waals surface area contributed by atoms with Gasteiger partial charge in [0, 0.05) is 4.90 Å². The Hall–Kier alpha value is -1.54. The number of nitriles is 1. The third kappa shape index (κ3) is 2.70. The van der Waals surface area contributed by atoms with Gasteiger partial charge in [0.1, 0.15) is 17.4 Å². The molecule has 0 unspecified atom stereocenters. The Morgan fingerprint density at radius 3 is 2.80 bits per heavy atom. The van der Waals surface area contributed by atoms with Crippen molar-refractivity contribution in [3.05, 3.63) is 29.1 Å². The van der Waals surface area contributed by atoms with E-state index in [9.17, 15) is 9.18 Å². The van der Waals surface area contributed by atoms with Gasteiger partial charge in [0.15, 0.2) is 0 Å². The van der Waals surface area contributed by atoms with Crippen LogP contribution in [0.3, 0.4) is 0 Å². The van der Waals surface area contributed by atoms with Crippen molar-refractivity contribution >= 4 is 18.6 Å². The highest BCUT2D eigenvalue weighted by atomic mass is 32.1. The highest BCUT2D eigenvalue weighted by Crippen LogP contribution is 2.19. The molecule has 1 aromatic carbocycles. The zero-order chi connectivity index (χ0) is 11.4. The number of halogens is 1. The molecule has 0 saturated carbocycles. The van der Waals surface area contributed by atoms with Gasteiger partial charge < -0.3 is 4.74 Å². The van der Waals surface area contributed by atoms with Crippen LogP contribution < -0.4 is 0 Å². The van der Waals surface area contributed by atoms with Crippen LogP contribution in [-0.2, 0) is 16.0 Å². The number of esters is 1. The van der Waals surface area contributed by atoms with Crippen molar-refractivity contribution in [1.82, 2.24) is 0 Å². The third-order valence-corrected chi connectivity index (χ3v) is 2.17. The van der Waals surface area contributed by atoms with Crippen molar-refractivity contribution in [2.24, 2.45) is 0 Å². The van der Waals surface area contributed by atoms with Gasteiger partial charge in [-0.05, 0) is 17.7 Å². The van der Waals surface area contributed by atoms with Crippen LogP contribution in [0, 0.1) is 17.1 Å². The van der Waals surface area contributed by atoms with E-state index < -0.39 is 11.8 Å². The molecule has 1 aromatic rings. The summed E-state index contributed by atoms with van der Waals surface area (Å²) in [6, 6.07) is 4.30. The second-order valence-electron chi connectivity index (χ2n) is 2.84. The molecule has 0 aliphatic carbocycles. The fourth-order valence-electron chi connectivity index (χ4n) is 1.10. The molecule has 0 atom stereocenters. The minimum absolute atomic E-state index is 0.0350. The number of carbonyl (C=O) groups is 1. The van der Waals surface area contributed by atoms with Crippen molar-refractivity contribution < 1.29 is 13.9 Å². The minimum Gasteiger partial charge on any atom is -0.469 e. The predicted molar refractivity (Wildman–Crippen MR) is 54.1 cm³/mol. The van der Waals surface area contributed by atoms with Gasteiger partial charge in [-0.1, -0.05) is 0 Å². The normalized spacial score (nSPS) is 9.47.